The molecule has 0 unspecified atom stereocenters. The molecule has 0 bridgehead atoms. The molecule has 2 heterocycles. The van der Waals surface area contributed by atoms with Crippen LogP contribution in [0, 0.1) is 13.8 Å². The van der Waals surface area contributed by atoms with Crippen LogP contribution in [0.3, 0.4) is 0 Å². The number of aryl methyl sites for hydroxylation is 2. The van der Waals surface area contributed by atoms with E-state index in [0.29, 0.717) is 22.4 Å². The van der Waals surface area contributed by atoms with Crippen LogP contribution in [0.15, 0.2) is 72.1 Å². The van der Waals surface area contributed by atoms with Gasteiger partial charge in [0.15, 0.2) is 11.0 Å². The van der Waals surface area contributed by atoms with E-state index in [0.717, 1.165) is 22.4 Å². The van der Waals surface area contributed by atoms with Gasteiger partial charge < -0.3 is 15.4 Å². The van der Waals surface area contributed by atoms with Gasteiger partial charge in [-0.2, -0.15) is 0 Å². The van der Waals surface area contributed by atoms with Crippen LogP contribution in [0.25, 0.3) is 11.4 Å². The van der Waals surface area contributed by atoms with Crippen molar-refractivity contribution >= 4 is 35.0 Å². The van der Waals surface area contributed by atoms with Gasteiger partial charge in [-0.15, -0.1) is 5.10 Å². The topological polar surface area (TPSA) is 111 Å². The largest absolute Gasteiger partial charge is 0.497 e. The number of nitrogens with zero attached hydrogens (tertiary/aromatic N) is 4. The van der Waals surface area contributed by atoms with Crippen molar-refractivity contribution in [3.05, 3.63) is 78.1 Å². The fraction of sp³-hybridized carbons (Fsp3) is 0.192. The smallest absolute Gasteiger partial charge is 0.246 e. The van der Waals surface area contributed by atoms with Crippen molar-refractivity contribution in [2.45, 2.75) is 25.5 Å². The molecule has 0 fully saturated rings. The van der Waals surface area contributed by atoms with Gasteiger partial charge in [-0.05, 0) is 67.4 Å². The molecule has 0 aliphatic rings. The van der Waals surface area contributed by atoms with Gasteiger partial charge in [0.1, 0.15) is 12.3 Å². The second-order valence-corrected chi connectivity index (χ2v) is 8.99. The standard InChI is InChI=1S/C26H26N6O3S/c1-17-4-5-18(2)22(14-17)29-23(33)15-32-26(30-25(31-32)19-10-12-27-13-11-19)36-16-24(34)28-20-6-8-21(35-3)9-7-20/h4-14H,15-16H2,1-3H3,(H,28,34)(H,29,33). The Hall–Kier alpha value is -4.18. The molecule has 4 rings (SSSR count). The lowest BCUT2D eigenvalue weighted by Crippen LogP contribution is -2.21. The molecular formula is C26H26N6O3S. The second-order valence-electron chi connectivity index (χ2n) is 8.04. The molecule has 0 saturated heterocycles. The summed E-state index contributed by atoms with van der Waals surface area (Å²) < 4.78 is 6.66. The molecule has 0 atom stereocenters. The van der Waals surface area contributed by atoms with Crippen LogP contribution in [-0.2, 0) is 16.1 Å². The zero-order chi connectivity index (χ0) is 25.5. The van der Waals surface area contributed by atoms with E-state index >= 15 is 0 Å². The zero-order valence-electron chi connectivity index (χ0n) is 20.2. The van der Waals surface area contributed by atoms with E-state index in [2.05, 4.69) is 25.7 Å². The normalized spacial score (nSPS) is 10.6. The number of hydrogen-bond acceptors (Lipinski definition) is 7. The molecule has 0 spiro atoms. The van der Waals surface area contributed by atoms with E-state index in [1.54, 1.807) is 55.9 Å². The van der Waals surface area contributed by atoms with Crippen LogP contribution >= 0.6 is 11.8 Å². The molecule has 36 heavy (non-hydrogen) atoms. The van der Waals surface area contributed by atoms with Crippen LogP contribution in [0.1, 0.15) is 11.1 Å². The van der Waals surface area contributed by atoms with Crippen molar-refractivity contribution in [2.24, 2.45) is 0 Å². The maximum absolute atomic E-state index is 12.9. The summed E-state index contributed by atoms with van der Waals surface area (Å²) in [5.74, 6) is 0.816. The quantitative estimate of drug-likeness (QED) is 0.328. The minimum Gasteiger partial charge on any atom is -0.497 e. The molecule has 0 saturated carbocycles. The Morgan fingerprint density at radius 2 is 1.72 bits per heavy atom. The summed E-state index contributed by atoms with van der Waals surface area (Å²) in [5.41, 5.74) is 4.20. The molecule has 9 nitrogen and oxygen atoms in total. The number of thioether (sulfide) groups is 1. The highest BCUT2D eigenvalue weighted by Crippen LogP contribution is 2.23. The average Bonchev–Trinajstić information content (AvgIpc) is 3.28. The van der Waals surface area contributed by atoms with Gasteiger partial charge in [-0.3, -0.25) is 14.6 Å². The van der Waals surface area contributed by atoms with E-state index in [1.807, 2.05) is 32.0 Å². The molecule has 2 N–H and O–H groups in total. The lowest BCUT2D eigenvalue weighted by atomic mass is 10.1. The van der Waals surface area contributed by atoms with E-state index in [9.17, 15) is 9.59 Å². The van der Waals surface area contributed by atoms with Gasteiger partial charge in [0.05, 0.1) is 12.9 Å². The maximum Gasteiger partial charge on any atom is 0.246 e. The number of pyridine rings is 1. The predicted octanol–water partition coefficient (Wildman–Crippen LogP) is 4.34. The summed E-state index contributed by atoms with van der Waals surface area (Å²) in [6, 6.07) is 16.5. The van der Waals surface area contributed by atoms with Gasteiger partial charge in [0, 0.05) is 29.3 Å². The molecule has 0 aliphatic carbocycles. The van der Waals surface area contributed by atoms with E-state index < -0.39 is 0 Å². The zero-order valence-corrected chi connectivity index (χ0v) is 21.0. The summed E-state index contributed by atoms with van der Waals surface area (Å²) in [4.78, 5) is 34.0. The number of anilines is 2. The lowest BCUT2D eigenvalue weighted by molar-refractivity contribution is -0.117. The molecule has 2 aromatic carbocycles. The first kappa shape index (κ1) is 24.9. The highest BCUT2D eigenvalue weighted by Gasteiger charge is 2.17. The third-order valence-corrected chi connectivity index (χ3v) is 6.21. The SMILES string of the molecule is COc1ccc(NC(=O)CSc2nc(-c3ccncc3)nn2CC(=O)Nc2cc(C)ccc2C)cc1. The number of ether oxygens (including phenoxy) is 1. The Kier molecular flexibility index (Phi) is 7.96. The first-order chi connectivity index (χ1) is 17.4. The fourth-order valence-corrected chi connectivity index (χ4v) is 4.10. The summed E-state index contributed by atoms with van der Waals surface area (Å²) in [6.45, 7) is 3.86. The van der Waals surface area contributed by atoms with Crippen LogP contribution in [0.2, 0.25) is 0 Å². The molecule has 2 aromatic heterocycles. The molecule has 4 aromatic rings. The number of rotatable bonds is 9. The van der Waals surface area contributed by atoms with Crippen LogP contribution < -0.4 is 15.4 Å². The van der Waals surface area contributed by atoms with E-state index in [-0.39, 0.29) is 24.1 Å². The number of carbonyl (C=O) groups is 2. The predicted molar refractivity (Wildman–Crippen MR) is 140 cm³/mol. The number of benzene rings is 2. The van der Waals surface area contributed by atoms with Crippen LogP contribution in [-0.4, -0.2) is 44.4 Å². The maximum atomic E-state index is 12.9. The van der Waals surface area contributed by atoms with Gasteiger partial charge in [-0.25, -0.2) is 9.67 Å². The minimum absolute atomic E-state index is 0.0477. The van der Waals surface area contributed by atoms with Gasteiger partial charge >= 0.3 is 0 Å². The summed E-state index contributed by atoms with van der Waals surface area (Å²) in [6.07, 6.45) is 3.30. The fourth-order valence-electron chi connectivity index (χ4n) is 3.36. The molecule has 184 valence electrons. The Labute approximate surface area is 213 Å². The molecule has 0 aliphatic heterocycles. The Bertz CT molecular complexity index is 1360. The minimum atomic E-state index is -0.237. The Morgan fingerprint density at radius 1 is 0.972 bits per heavy atom. The number of carbonyl (C=O) groups excluding carboxylic acids is 2. The third-order valence-electron chi connectivity index (χ3n) is 5.24. The molecular weight excluding hydrogens is 476 g/mol. The highest BCUT2D eigenvalue weighted by molar-refractivity contribution is 7.99. The van der Waals surface area contributed by atoms with Crippen molar-refractivity contribution in [2.75, 3.05) is 23.5 Å². The number of nitrogens with one attached hydrogen (secondary N) is 2. The Balaban J connectivity index is 1.48. The molecule has 10 heteroatoms. The van der Waals surface area contributed by atoms with Crippen LogP contribution in [0.4, 0.5) is 11.4 Å². The number of hydrogen-bond donors (Lipinski definition) is 2. The highest BCUT2D eigenvalue weighted by atomic mass is 32.2. The van der Waals surface area contributed by atoms with E-state index in [1.165, 1.54) is 16.4 Å². The number of aromatic nitrogens is 4. The second kappa shape index (κ2) is 11.5. The van der Waals surface area contributed by atoms with Crippen molar-refractivity contribution in [1.29, 1.82) is 0 Å². The van der Waals surface area contributed by atoms with Crippen molar-refractivity contribution in [1.82, 2.24) is 19.7 Å². The molecule has 0 radical (unpaired) electrons. The first-order valence-electron chi connectivity index (χ1n) is 11.2. The van der Waals surface area contributed by atoms with Gasteiger partial charge in [0.25, 0.3) is 0 Å². The monoisotopic (exact) mass is 502 g/mol. The van der Waals surface area contributed by atoms with Crippen LogP contribution in [0.5, 0.6) is 5.75 Å². The van der Waals surface area contributed by atoms with E-state index in [4.69, 9.17) is 4.74 Å². The Morgan fingerprint density at radius 3 is 2.44 bits per heavy atom. The van der Waals surface area contributed by atoms with Gasteiger partial charge in [0.2, 0.25) is 11.8 Å². The number of methoxy groups -OCH3 is 1. The number of amides is 2. The summed E-state index contributed by atoms with van der Waals surface area (Å²) in [5, 5.41) is 10.8. The lowest BCUT2D eigenvalue weighted by Gasteiger charge is -2.10. The third kappa shape index (κ3) is 6.48. The summed E-state index contributed by atoms with van der Waals surface area (Å²) >= 11 is 1.21. The molecule has 2 amide bonds. The summed E-state index contributed by atoms with van der Waals surface area (Å²) in [7, 11) is 1.59. The average molecular weight is 503 g/mol. The van der Waals surface area contributed by atoms with Gasteiger partial charge in [-0.1, -0.05) is 23.9 Å². The first-order valence-corrected chi connectivity index (χ1v) is 12.2. The van der Waals surface area contributed by atoms with Crippen molar-refractivity contribution < 1.29 is 14.3 Å². The van der Waals surface area contributed by atoms with Crippen molar-refractivity contribution in [3.63, 3.8) is 0 Å². The van der Waals surface area contributed by atoms with Crippen molar-refractivity contribution in [3.8, 4) is 17.1 Å².